The molecule has 0 amide bonds. The Hall–Kier alpha value is -3.77. The second kappa shape index (κ2) is 10.9. The number of alkyl halides is 5. The molecule has 38 heavy (non-hydrogen) atoms. The molecule has 0 aliphatic rings. The number of rotatable bonds is 8. The number of benzene rings is 3. The summed E-state index contributed by atoms with van der Waals surface area (Å²) in [5, 5.41) is 0. The van der Waals surface area contributed by atoms with Crippen molar-refractivity contribution in [1.29, 1.82) is 0 Å². The molecule has 0 fully saturated rings. The molecule has 13 heteroatoms. The highest BCUT2D eigenvalue weighted by molar-refractivity contribution is 5.69. The Kier molecular flexibility index (Phi) is 8.27. The van der Waals surface area contributed by atoms with E-state index in [1.165, 1.54) is 0 Å². The van der Waals surface area contributed by atoms with Crippen LogP contribution in [0.25, 0.3) is 17.0 Å². The van der Waals surface area contributed by atoms with Gasteiger partial charge in [-0.05, 0) is 29.7 Å². The maximum Gasteiger partial charge on any atom is 0.573 e. The molecule has 204 valence electrons. The Bertz CT molecular complexity index is 1300. The topological polar surface area (TPSA) is 18.5 Å². The van der Waals surface area contributed by atoms with Gasteiger partial charge in [-0.25, -0.2) is 26.3 Å². The zero-order chi connectivity index (χ0) is 28.4. The van der Waals surface area contributed by atoms with E-state index in [0.717, 1.165) is 24.3 Å². The average Bonchev–Trinajstić information content (AvgIpc) is 2.79. The predicted octanol–water partition coefficient (Wildman–Crippen LogP) is 9.34. The van der Waals surface area contributed by atoms with Crippen molar-refractivity contribution in [3.8, 4) is 22.6 Å². The van der Waals surface area contributed by atoms with Crippen LogP contribution >= 0.6 is 0 Å². The summed E-state index contributed by atoms with van der Waals surface area (Å²) < 4.78 is 157. The van der Waals surface area contributed by atoms with Gasteiger partial charge in [-0.2, -0.15) is 8.78 Å². The summed E-state index contributed by atoms with van der Waals surface area (Å²) in [5.74, 6) is -13.3. The van der Waals surface area contributed by atoms with E-state index >= 15 is 0 Å². The summed E-state index contributed by atoms with van der Waals surface area (Å²) in [6.45, 7) is 1.64. The molecule has 3 aromatic rings. The van der Waals surface area contributed by atoms with Crippen LogP contribution in [-0.2, 0) is 6.11 Å². The number of halogens is 11. The minimum absolute atomic E-state index is 0.0374. The Morgan fingerprint density at radius 2 is 1.24 bits per heavy atom. The third-order valence-electron chi connectivity index (χ3n) is 4.95. The average molecular weight is 556 g/mol. The van der Waals surface area contributed by atoms with Gasteiger partial charge < -0.3 is 9.47 Å². The van der Waals surface area contributed by atoms with E-state index in [4.69, 9.17) is 0 Å². The van der Waals surface area contributed by atoms with Gasteiger partial charge in [0.2, 0.25) is 5.75 Å². The minimum Gasteiger partial charge on any atom is -0.429 e. The summed E-state index contributed by atoms with van der Waals surface area (Å²) in [6.07, 6.45) is -10.2. The van der Waals surface area contributed by atoms with E-state index in [1.54, 1.807) is 6.92 Å². The van der Waals surface area contributed by atoms with E-state index in [9.17, 15) is 48.3 Å². The molecule has 3 aromatic carbocycles. The molecule has 0 N–H and O–H groups in total. The third-order valence-corrected chi connectivity index (χ3v) is 4.95. The van der Waals surface area contributed by atoms with Crippen LogP contribution in [0.3, 0.4) is 0 Å². The first kappa shape index (κ1) is 28.8. The molecule has 0 aromatic heterocycles. The van der Waals surface area contributed by atoms with Gasteiger partial charge in [0.1, 0.15) is 28.8 Å². The van der Waals surface area contributed by atoms with Crippen LogP contribution in [0.2, 0.25) is 0 Å². The van der Waals surface area contributed by atoms with Gasteiger partial charge >= 0.3 is 12.5 Å². The lowest BCUT2D eigenvalue weighted by molar-refractivity contribution is -0.276. The largest absolute Gasteiger partial charge is 0.573 e. The van der Waals surface area contributed by atoms with E-state index in [-0.39, 0.29) is 35.2 Å². The van der Waals surface area contributed by atoms with Crippen molar-refractivity contribution in [1.82, 2.24) is 0 Å². The van der Waals surface area contributed by atoms with E-state index in [2.05, 4.69) is 9.47 Å². The van der Waals surface area contributed by atoms with Crippen LogP contribution < -0.4 is 9.47 Å². The van der Waals surface area contributed by atoms with Gasteiger partial charge in [-0.15, -0.1) is 13.2 Å². The Balaban J connectivity index is 1.90. The maximum atomic E-state index is 14.6. The fraction of sp³-hybridized carbons (Fsp3) is 0.200. The van der Waals surface area contributed by atoms with Crippen molar-refractivity contribution in [3.05, 3.63) is 88.8 Å². The van der Waals surface area contributed by atoms with Gasteiger partial charge in [0.15, 0.2) is 17.5 Å². The number of hydrogen-bond donors (Lipinski definition) is 0. The SMILES string of the molecule is CCCC(F)=C(F)c1ccc(-c2cc(F)c(C(F)(F)Oc3cc(F)c(OC(F)(F)F)c(F)c3)c(F)c2)cc1. The van der Waals surface area contributed by atoms with E-state index in [0.29, 0.717) is 18.6 Å². The Morgan fingerprint density at radius 1 is 0.711 bits per heavy atom. The molecule has 0 atom stereocenters. The van der Waals surface area contributed by atoms with Crippen LogP contribution in [0.4, 0.5) is 48.3 Å². The monoisotopic (exact) mass is 556 g/mol. The normalized spacial score (nSPS) is 12.8. The molecule has 0 bridgehead atoms. The molecule has 3 rings (SSSR count). The molecule has 0 spiro atoms. The van der Waals surface area contributed by atoms with Crippen molar-refractivity contribution in [3.63, 3.8) is 0 Å². The van der Waals surface area contributed by atoms with Crippen molar-refractivity contribution < 1.29 is 57.8 Å². The number of ether oxygens (including phenoxy) is 2. The van der Waals surface area contributed by atoms with Gasteiger partial charge in [0.25, 0.3) is 0 Å². The smallest absolute Gasteiger partial charge is 0.429 e. The molecule has 2 nitrogen and oxygen atoms in total. The van der Waals surface area contributed by atoms with Gasteiger partial charge in [0, 0.05) is 24.1 Å². The van der Waals surface area contributed by atoms with Crippen molar-refractivity contribution >= 4 is 5.83 Å². The van der Waals surface area contributed by atoms with Crippen molar-refractivity contribution in [2.24, 2.45) is 0 Å². The zero-order valence-electron chi connectivity index (χ0n) is 19.0. The first-order chi connectivity index (χ1) is 17.6. The summed E-state index contributed by atoms with van der Waals surface area (Å²) in [6, 6.07) is 5.28. The molecule has 0 aliphatic carbocycles. The summed E-state index contributed by atoms with van der Waals surface area (Å²) in [4.78, 5) is 0. The standard InChI is InChI=1S/C25H15F11O2/c1-2-3-16(26)22(31)13-6-4-12(5-7-13)14-8-17(27)21(18(28)9-14)24(32,33)37-15-10-19(29)23(20(30)11-15)38-25(34,35)36/h4-11H,2-3H2,1H3. The predicted molar refractivity (Wildman–Crippen MR) is 113 cm³/mol. The molecule has 0 saturated carbocycles. The third kappa shape index (κ3) is 6.56. The highest BCUT2D eigenvalue weighted by atomic mass is 19.4. The van der Waals surface area contributed by atoms with Gasteiger partial charge in [-0.3, -0.25) is 0 Å². The lowest BCUT2D eigenvalue weighted by Crippen LogP contribution is -2.25. The quantitative estimate of drug-likeness (QED) is 0.258. The molecular formula is C25H15F11O2. The highest BCUT2D eigenvalue weighted by Gasteiger charge is 2.42. The fourth-order valence-electron chi connectivity index (χ4n) is 3.32. The molecule has 0 saturated heterocycles. The van der Waals surface area contributed by atoms with E-state index in [1.807, 2.05) is 0 Å². The second-order valence-corrected chi connectivity index (χ2v) is 7.74. The second-order valence-electron chi connectivity index (χ2n) is 7.74. The van der Waals surface area contributed by atoms with Gasteiger partial charge in [0.05, 0.1) is 0 Å². The van der Waals surface area contributed by atoms with Crippen LogP contribution in [-0.4, -0.2) is 6.36 Å². The highest BCUT2D eigenvalue weighted by Crippen LogP contribution is 2.39. The van der Waals surface area contributed by atoms with Crippen molar-refractivity contribution in [2.75, 3.05) is 0 Å². The summed E-state index contributed by atoms with van der Waals surface area (Å²) in [5.41, 5.74) is -2.38. The Labute approximate surface area is 207 Å². The van der Waals surface area contributed by atoms with Crippen LogP contribution in [0.15, 0.2) is 54.4 Å². The number of allylic oxidation sites excluding steroid dienone is 1. The summed E-state index contributed by atoms with van der Waals surface area (Å²) in [7, 11) is 0. The number of hydrogen-bond acceptors (Lipinski definition) is 2. The van der Waals surface area contributed by atoms with Crippen LogP contribution in [0, 0.1) is 23.3 Å². The fourth-order valence-corrected chi connectivity index (χ4v) is 3.32. The minimum atomic E-state index is -5.50. The summed E-state index contributed by atoms with van der Waals surface area (Å²) >= 11 is 0. The molecule has 0 aliphatic heterocycles. The molecule has 0 unspecified atom stereocenters. The molecule has 0 heterocycles. The molecular weight excluding hydrogens is 541 g/mol. The zero-order valence-corrected chi connectivity index (χ0v) is 19.0. The lowest BCUT2D eigenvalue weighted by atomic mass is 10.0. The van der Waals surface area contributed by atoms with E-state index < -0.39 is 64.5 Å². The van der Waals surface area contributed by atoms with Crippen LogP contribution in [0.5, 0.6) is 11.5 Å². The maximum absolute atomic E-state index is 14.6. The first-order valence-corrected chi connectivity index (χ1v) is 10.6. The Morgan fingerprint density at radius 3 is 1.71 bits per heavy atom. The lowest BCUT2D eigenvalue weighted by Gasteiger charge is -2.20. The van der Waals surface area contributed by atoms with Gasteiger partial charge in [-0.1, -0.05) is 31.2 Å². The van der Waals surface area contributed by atoms with Crippen LogP contribution in [0.1, 0.15) is 30.9 Å². The van der Waals surface area contributed by atoms with Crippen molar-refractivity contribution in [2.45, 2.75) is 32.2 Å². The molecule has 0 radical (unpaired) electrons. The first-order valence-electron chi connectivity index (χ1n) is 10.6.